The van der Waals surface area contributed by atoms with E-state index in [4.69, 9.17) is 28.1 Å². The van der Waals surface area contributed by atoms with E-state index in [1.807, 2.05) is 34.6 Å². The fraction of sp³-hybridized carbons (Fsp3) is 0.655. The number of fused-ring (bicyclic) bond motifs is 1. The van der Waals surface area contributed by atoms with Crippen molar-refractivity contribution in [2.24, 2.45) is 22.2 Å². The number of methoxy groups -OCH3 is 1. The number of ether oxygens (including phenoxy) is 5. The Labute approximate surface area is 226 Å². The summed E-state index contributed by atoms with van der Waals surface area (Å²) in [5, 5.41) is 0. The summed E-state index contributed by atoms with van der Waals surface area (Å²) >= 11 is 0. The van der Waals surface area contributed by atoms with Gasteiger partial charge in [0.05, 0.1) is 19.6 Å². The van der Waals surface area contributed by atoms with Gasteiger partial charge in [-0.2, -0.15) is 0 Å². The van der Waals surface area contributed by atoms with Gasteiger partial charge in [0.2, 0.25) is 5.78 Å². The Balaban J connectivity index is 1.59. The van der Waals surface area contributed by atoms with Crippen LogP contribution >= 0.6 is 0 Å². The van der Waals surface area contributed by atoms with E-state index in [1.165, 1.54) is 26.4 Å². The van der Waals surface area contributed by atoms with Crippen molar-refractivity contribution in [1.82, 2.24) is 0 Å². The quantitative estimate of drug-likeness (QED) is 0.242. The number of carbonyl (C=O) groups excluding carboxylic acids is 4. The molecule has 9 unspecified atom stereocenters. The van der Waals surface area contributed by atoms with Crippen LogP contribution in [0.2, 0.25) is 0 Å². The van der Waals surface area contributed by atoms with Gasteiger partial charge in [0.25, 0.3) is 0 Å². The van der Waals surface area contributed by atoms with Gasteiger partial charge in [-0.1, -0.05) is 26.8 Å². The molecule has 2 saturated carbocycles. The van der Waals surface area contributed by atoms with Crippen molar-refractivity contribution in [1.29, 1.82) is 0 Å². The van der Waals surface area contributed by atoms with E-state index in [2.05, 4.69) is 0 Å². The van der Waals surface area contributed by atoms with Crippen LogP contribution in [-0.4, -0.2) is 59.8 Å². The molecule has 5 aliphatic rings. The standard InChI is InChI=1S/C29H34O10/c1-15(30)36-21-19(32)28(24(2,3)39-28)25(4,12-9-18(31)34-7)17-8-11-26(5)20(16-10-13-35-14-16)37-23(33)22-29(26,38-22)27(17,21)6/h9-10,12-14,17,20-22H,8,11H2,1-7H3. The number of ketones is 1. The lowest BCUT2D eigenvalue weighted by Gasteiger charge is -2.65. The molecule has 3 saturated heterocycles. The number of carbonyl (C=O) groups is 4. The lowest BCUT2D eigenvalue weighted by molar-refractivity contribution is -0.238. The molecule has 3 aliphatic heterocycles. The van der Waals surface area contributed by atoms with Crippen LogP contribution in [0.15, 0.2) is 35.2 Å². The number of furan rings is 1. The second-order valence-corrected chi connectivity index (χ2v) is 12.7. The predicted octanol–water partition coefficient (Wildman–Crippen LogP) is 3.24. The molecule has 1 aromatic heterocycles. The van der Waals surface area contributed by atoms with Crippen molar-refractivity contribution < 1.29 is 47.3 Å². The molecule has 10 nitrogen and oxygen atoms in total. The Bertz CT molecular complexity index is 1310. The van der Waals surface area contributed by atoms with E-state index in [-0.39, 0.29) is 0 Å². The van der Waals surface area contributed by atoms with Crippen LogP contribution in [0.1, 0.15) is 66.1 Å². The topological polar surface area (TPSA) is 134 Å². The summed E-state index contributed by atoms with van der Waals surface area (Å²) in [5.41, 5.74) is -5.78. The SMILES string of the molecule is COC(=O)C=CC1(C)C2CCC3(C)C(c4ccoc4)OC(=O)C4OC43C2(C)C(OC(C)=O)C(=O)C12OC2(C)C. The molecular weight excluding hydrogens is 508 g/mol. The van der Waals surface area contributed by atoms with Crippen LogP contribution in [0, 0.1) is 22.2 Å². The maximum absolute atomic E-state index is 14.6. The van der Waals surface area contributed by atoms with Crippen molar-refractivity contribution in [2.45, 2.75) is 89.5 Å². The van der Waals surface area contributed by atoms with Gasteiger partial charge >= 0.3 is 17.9 Å². The third kappa shape index (κ3) is 2.79. The maximum Gasteiger partial charge on any atom is 0.339 e. The molecule has 2 aliphatic carbocycles. The monoisotopic (exact) mass is 542 g/mol. The van der Waals surface area contributed by atoms with Crippen LogP contribution in [-0.2, 0) is 42.9 Å². The third-order valence-electron chi connectivity index (χ3n) is 10.7. The molecule has 1 aromatic rings. The molecular formula is C29H34O10. The highest BCUT2D eigenvalue weighted by Crippen LogP contribution is 2.81. The highest BCUT2D eigenvalue weighted by atomic mass is 16.7. The van der Waals surface area contributed by atoms with E-state index < -0.39 is 81.0 Å². The van der Waals surface area contributed by atoms with Crippen molar-refractivity contribution in [2.75, 3.05) is 7.11 Å². The molecule has 0 bridgehead atoms. The fourth-order valence-corrected chi connectivity index (χ4v) is 9.12. The molecule has 10 heteroatoms. The lowest BCUT2D eigenvalue weighted by atomic mass is 9.37. The summed E-state index contributed by atoms with van der Waals surface area (Å²) in [4.78, 5) is 52.8. The van der Waals surface area contributed by atoms with Gasteiger partial charge in [0.1, 0.15) is 17.3 Å². The van der Waals surface area contributed by atoms with Crippen molar-refractivity contribution in [3.8, 4) is 0 Å². The van der Waals surface area contributed by atoms with Crippen LogP contribution in [0.3, 0.4) is 0 Å². The van der Waals surface area contributed by atoms with E-state index in [9.17, 15) is 19.2 Å². The summed E-state index contributed by atoms with van der Waals surface area (Å²) < 4.78 is 34.7. The van der Waals surface area contributed by atoms with E-state index >= 15 is 0 Å². The highest BCUT2D eigenvalue weighted by molar-refractivity contribution is 6.00. The lowest BCUT2D eigenvalue weighted by Crippen LogP contribution is -2.76. The number of esters is 3. The van der Waals surface area contributed by atoms with Gasteiger partial charge in [-0.3, -0.25) is 9.59 Å². The van der Waals surface area contributed by atoms with Crippen molar-refractivity contribution in [3.05, 3.63) is 36.3 Å². The number of cyclic esters (lactones) is 1. The zero-order chi connectivity index (χ0) is 28.4. The second kappa shape index (κ2) is 7.60. The van der Waals surface area contributed by atoms with Crippen molar-refractivity contribution >= 4 is 23.7 Å². The van der Waals surface area contributed by atoms with Crippen LogP contribution in [0.4, 0.5) is 0 Å². The van der Waals surface area contributed by atoms with Gasteiger partial charge < -0.3 is 28.1 Å². The van der Waals surface area contributed by atoms with Gasteiger partial charge in [-0.05, 0) is 38.7 Å². The van der Waals surface area contributed by atoms with Crippen LogP contribution in [0.5, 0.6) is 0 Å². The Hall–Kier alpha value is -2.98. The average molecular weight is 543 g/mol. The largest absolute Gasteiger partial charge is 0.472 e. The average Bonchev–Trinajstić information content (AvgIpc) is 3.68. The molecule has 39 heavy (non-hydrogen) atoms. The molecule has 5 fully saturated rings. The number of hydrogen-bond acceptors (Lipinski definition) is 10. The Morgan fingerprint density at radius 1 is 1.10 bits per heavy atom. The number of epoxide rings is 2. The molecule has 9 atom stereocenters. The highest BCUT2D eigenvalue weighted by Gasteiger charge is 2.93. The Morgan fingerprint density at radius 2 is 1.79 bits per heavy atom. The first-order chi connectivity index (χ1) is 18.2. The Kier molecular flexibility index (Phi) is 5.12. The summed E-state index contributed by atoms with van der Waals surface area (Å²) in [7, 11) is 1.28. The summed E-state index contributed by atoms with van der Waals surface area (Å²) in [6.07, 6.45) is 4.28. The molecule has 0 N–H and O–H groups in total. The number of hydrogen-bond donors (Lipinski definition) is 0. The minimum atomic E-state index is -1.37. The third-order valence-corrected chi connectivity index (χ3v) is 10.7. The fourth-order valence-electron chi connectivity index (χ4n) is 9.12. The number of Topliss-reactive ketones (excluding diaryl/α,β-unsaturated/α-hetero) is 1. The zero-order valence-corrected chi connectivity index (χ0v) is 23.2. The first-order valence-electron chi connectivity index (χ1n) is 13.3. The summed E-state index contributed by atoms with van der Waals surface area (Å²) in [5.74, 6) is -2.54. The van der Waals surface area contributed by atoms with Gasteiger partial charge in [0.15, 0.2) is 17.8 Å². The zero-order valence-electron chi connectivity index (χ0n) is 23.2. The van der Waals surface area contributed by atoms with E-state index in [0.717, 1.165) is 0 Å². The molecule has 2 spiro atoms. The first-order valence-corrected chi connectivity index (χ1v) is 13.3. The van der Waals surface area contributed by atoms with Crippen LogP contribution in [0.25, 0.3) is 0 Å². The normalized spacial score (nSPS) is 47.1. The Morgan fingerprint density at radius 3 is 2.36 bits per heavy atom. The minimum absolute atomic E-state index is 0.399. The minimum Gasteiger partial charge on any atom is -0.472 e. The number of rotatable bonds is 4. The van der Waals surface area contributed by atoms with E-state index in [0.29, 0.717) is 18.4 Å². The maximum atomic E-state index is 14.6. The second-order valence-electron chi connectivity index (χ2n) is 12.7. The molecule has 0 aromatic carbocycles. The predicted molar refractivity (Wildman–Crippen MR) is 132 cm³/mol. The molecule has 210 valence electrons. The molecule has 6 rings (SSSR count). The first kappa shape index (κ1) is 26.3. The smallest absolute Gasteiger partial charge is 0.339 e. The summed E-state index contributed by atoms with van der Waals surface area (Å²) in [6.45, 7) is 10.7. The van der Waals surface area contributed by atoms with Crippen molar-refractivity contribution in [3.63, 3.8) is 0 Å². The summed E-state index contributed by atoms with van der Waals surface area (Å²) in [6, 6.07) is 1.75. The molecule has 0 radical (unpaired) electrons. The molecule has 0 amide bonds. The van der Waals surface area contributed by atoms with Gasteiger partial charge in [-0.25, -0.2) is 9.59 Å². The van der Waals surface area contributed by atoms with Gasteiger partial charge in [0, 0.05) is 34.8 Å². The van der Waals surface area contributed by atoms with Gasteiger partial charge in [-0.15, -0.1) is 0 Å². The van der Waals surface area contributed by atoms with E-state index in [1.54, 1.807) is 18.4 Å². The van der Waals surface area contributed by atoms with Crippen LogP contribution < -0.4 is 0 Å². The molecule has 4 heterocycles.